The van der Waals surface area contributed by atoms with Crippen molar-refractivity contribution in [2.75, 3.05) is 6.61 Å². The highest BCUT2D eigenvalue weighted by atomic mass is 16.6. The topological polar surface area (TPSA) is 57.6 Å². The lowest BCUT2D eigenvalue weighted by Gasteiger charge is -1.91. The van der Waals surface area contributed by atoms with Gasteiger partial charge in [0.25, 0.3) is 0 Å². The second kappa shape index (κ2) is 3.93. The Balaban J connectivity index is 3.49. The first-order valence-electron chi connectivity index (χ1n) is 2.17. The molecule has 0 aromatic heterocycles. The minimum Gasteiger partial charge on any atom is -0.476 e. The minimum absolute atomic E-state index is 0.359. The highest BCUT2D eigenvalue weighted by Crippen LogP contribution is 1.89. The van der Waals surface area contributed by atoms with Crippen LogP contribution in [0.3, 0.4) is 0 Å². The number of nitrogens with zero attached hydrogens (tertiary/aromatic N) is 2. The molecule has 1 N–H and O–H groups in total. The number of rotatable bonds is 2. The SMILES string of the molecule is CCOC(O)=C[N+]#N. The van der Waals surface area contributed by atoms with Crippen molar-refractivity contribution in [3.8, 4) is 0 Å². The highest BCUT2D eigenvalue weighted by molar-refractivity contribution is 4.86. The normalized spacial score (nSPS) is 10.2. The first kappa shape index (κ1) is 6.76. The van der Waals surface area contributed by atoms with E-state index in [1.54, 1.807) is 6.92 Å². The number of aliphatic hydroxyl groups excluding tert-OH is 1. The van der Waals surface area contributed by atoms with E-state index in [0.717, 1.165) is 6.20 Å². The Labute approximate surface area is 47.0 Å². The Hall–Kier alpha value is -1.24. The molecule has 0 aliphatic carbocycles. The molecule has 4 nitrogen and oxygen atoms in total. The van der Waals surface area contributed by atoms with Gasteiger partial charge < -0.3 is 9.84 Å². The van der Waals surface area contributed by atoms with Crippen molar-refractivity contribution in [3.63, 3.8) is 0 Å². The van der Waals surface area contributed by atoms with Gasteiger partial charge in [-0.2, -0.15) is 0 Å². The fourth-order valence-electron chi connectivity index (χ4n) is 0.235. The van der Waals surface area contributed by atoms with E-state index < -0.39 is 0 Å². The lowest BCUT2D eigenvalue weighted by atomic mass is 10.8. The van der Waals surface area contributed by atoms with E-state index in [0.29, 0.717) is 6.61 Å². The molecule has 0 aliphatic heterocycles. The summed E-state index contributed by atoms with van der Waals surface area (Å²) in [5.41, 5.74) is 0. The molecule has 0 saturated heterocycles. The Kier molecular flexibility index (Phi) is 3.32. The molecule has 4 heteroatoms. The molecule has 0 rings (SSSR count). The summed E-state index contributed by atoms with van der Waals surface area (Å²) in [6.45, 7) is 2.07. The zero-order chi connectivity index (χ0) is 6.41. The zero-order valence-corrected chi connectivity index (χ0v) is 4.53. The largest absolute Gasteiger partial charge is 0.476 e. The molecule has 0 aromatic rings. The van der Waals surface area contributed by atoms with Crippen molar-refractivity contribution in [3.05, 3.63) is 17.1 Å². The third-order valence-electron chi connectivity index (χ3n) is 0.460. The number of ether oxygens (including phenoxy) is 1. The Morgan fingerprint density at radius 1 is 2.00 bits per heavy atom. The summed E-state index contributed by atoms with van der Waals surface area (Å²) in [7, 11) is 0. The fraction of sp³-hybridized carbons (Fsp3) is 0.500. The van der Waals surface area contributed by atoms with Crippen molar-refractivity contribution in [2.45, 2.75) is 6.92 Å². The fourth-order valence-corrected chi connectivity index (χ4v) is 0.235. The molecule has 44 valence electrons. The molecular weight excluding hydrogens is 108 g/mol. The van der Waals surface area contributed by atoms with Gasteiger partial charge in [-0.3, -0.25) is 0 Å². The van der Waals surface area contributed by atoms with Crippen molar-refractivity contribution in [1.82, 2.24) is 0 Å². The van der Waals surface area contributed by atoms with Crippen LogP contribution in [0.15, 0.2) is 12.1 Å². The predicted molar refractivity (Wildman–Crippen MR) is 27.4 cm³/mol. The molecule has 0 heterocycles. The third kappa shape index (κ3) is 2.97. The van der Waals surface area contributed by atoms with Crippen molar-refractivity contribution < 1.29 is 9.84 Å². The molecular formula is C4H7N2O2+. The van der Waals surface area contributed by atoms with Crippen LogP contribution in [0.25, 0.3) is 4.98 Å². The van der Waals surface area contributed by atoms with Gasteiger partial charge in [0.2, 0.25) is 5.39 Å². The van der Waals surface area contributed by atoms with Crippen LogP contribution in [-0.2, 0) is 4.74 Å². The molecule has 0 bridgehead atoms. The molecule has 0 aromatic carbocycles. The summed E-state index contributed by atoms with van der Waals surface area (Å²) in [6.07, 6.45) is 0.809. The molecule has 0 amide bonds. The molecule has 0 radical (unpaired) electrons. The van der Waals surface area contributed by atoms with Crippen LogP contribution in [0.1, 0.15) is 6.92 Å². The quantitative estimate of drug-likeness (QED) is 0.435. The summed E-state index contributed by atoms with van der Waals surface area (Å²) < 4.78 is 4.45. The lowest BCUT2D eigenvalue weighted by molar-refractivity contribution is 0.102. The molecule has 0 spiro atoms. The van der Waals surface area contributed by atoms with E-state index in [-0.39, 0.29) is 5.95 Å². The van der Waals surface area contributed by atoms with Crippen LogP contribution < -0.4 is 0 Å². The Morgan fingerprint density at radius 2 is 2.62 bits per heavy atom. The molecule has 0 fully saturated rings. The summed E-state index contributed by atoms with van der Waals surface area (Å²) in [5.74, 6) is -0.380. The first-order valence-corrected chi connectivity index (χ1v) is 2.17. The standard InChI is InChI=1S/C4H6N2O2/c1-2-8-4(7)3-6-5/h3H,2H2,1H3/p+1. The van der Waals surface area contributed by atoms with Crippen LogP contribution in [-0.4, -0.2) is 11.7 Å². The number of hydrogen-bond acceptors (Lipinski definition) is 3. The molecule has 0 saturated carbocycles. The predicted octanol–water partition coefficient (Wildman–Crippen LogP) is 1.23. The molecule has 8 heavy (non-hydrogen) atoms. The summed E-state index contributed by atoms with van der Waals surface area (Å²) in [5, 5.41) is 16.2. The van der Waals surface area contributed by atoms with Gasteiger partial charge in [0.15, 0.2) is 4.98 Å². The van der Waals surface area contributed by atoms with Gasteiger partial charge in [0, 0.05) is 0 Å². The average Bonchev–Trinajstić information content (AvgIpc) is 1.68. The van der Waals surface area contributed by atoms with Crippen molar-refractivity contribution in [2.24, 2.45) is 0 Å². The Morgan fingerprint density at radius 3 is 3.00 bits per heavy atom. The van der Waals surface area contributed by atoms with Gasteiger partial charge in [0.1, 0.15) is 0 Å². The van der Waals surface area contributed by atoms with E-state index in [9.17, 15) is 0 Å². The summed E-state index contributed by atoms with van der Waals surface area (Å²) in [4.78, 5) is 2.52. The summed E-state index contributed by atoms with van der Waals surface area (Å²) >= 11 is 0. The third-order valence-corrected chi connectivity index (χ3v) is 0.460. The van der Waals surface area contributed by atoms with Crippen LogP contribution in [0.4, 0.5) is 0 Å². The summed E-state index contributed by atoms with van der Waals surface area (Å²) in [6, 6.07) is 0. The van der Waals surface area contributed by atoms with E-state index >= 15 is 0 Å². The van der Waals surface area contributed by atoms with Crippen LogP contribution in [0.2, 0.25) is 0 Å². The monoisotopic (exact) mass is 115 g/mol. The first-order chi connectivity index (χ1) is 3.81. The number of diazo groups is 1. The van der Waals surface area contributed by atoms with E-state index in [4.69, 9.17) is 10.5 Å². The smallest absolute Gasteiger partial charge is 0.429 e. The molecule has 0 atom stereocenters. The van der Waals surface area contributed by atoms with Crippen molar-refractivity contribution >= 4 is 0 Å². The average molecular weight is 115 g/mol. The van der Waals surface area contributed by atoms with Gasteiger partial charge in [-0.15, -0.1) is 0 Å². The second-order valence-electron chi connectivity index (χ2n) is 1.02. The van der Waals surface area contributed by atoms with E-state index in [2.05, 4.69) is 9.71 Å². The maximum atomic E-state index is 8.43. The van der Waals surface area contributed by atoms with Gasteiger partial charge in [-0.25, -0.2) is 0 Å². The van der Waals surface area contributed by atoms with Gasteiger partial charge in [0.05, 0.1) is 6.61 Å². The Bertz CT molecular complexity index is 124. The van der Waals surface area contributed by atoms with Crippen molar-refractivity contribution in [1.29, 1.82) is 5.39 Å². The lowest BCUT2D eigenvalue weighted by Crippen LogP contribution is -1.87. The van der Waals surface area contributed by atoms with Crippen LogP contribution >= 0.6 is 0 Å². The molecule has 0 aliphatic rings. The number of hydrogen-bond donors (Lipinski definition) is 1. The second-order valence-corrected chi connectivity index (χ2v) is 1.02. The van der Waals surface area contributed by atoms with Gasteiger partial charge >= 0.3 is 12.1 Å². The highest BCUT2D eigenvalue weighted by Gasteiger charge is 1.95. The maximum Gasteiger partial charge on any atom is 0.429 e. The maximum absolute atomic E-state index is 8.43. The number of aliphatic hydroxyl groups is 1. The van der Waals surface area contributed by atoms with E-state index in [1.165, 1.54) is 0 Å². The van der Waals surface area contributed by atoms with Crippen LogP contribution in [0, 0.1) is 5.39 Å². The van der Waals surface area contributed by atoms with E-state index in [1.807, 2.05) is 0 Å². The van der Waals surface area contributed by atoms with Crippen LogP contribution in [0.5, 0.6) is 0 Å². The van der Waals surface area contributed by atoms with Gasteiger partial charge in [-0.05, 0) is 6.92 Å². The minimum atomic E-state index is -0.380. The van der Waals surface area contributed by atoms with Gasteiger partial charge in [-0.1, -0.05) is 0 Å². The zero-order valence-electron chi connectivity index (χ0n) is 4.53. The molecule has 0 unspecified atom stereocenters.